The fourth-order valence-corrected chi connectivity index (χ4v) is 1.00. The topological polar surface area (TPSA) is 43.4 Å². The van der Waals surface area contributed by atoms with Gasteiger partial charge >= 0.3 is 5.97 Å². The Hall–Kier alpha value is -0.860. The fourth-order valence-electron chi connectivity index (χ4n) is 1.00. The Morgan fingerprint density at radius 1 is 1.45 bits per heavy atom. The number of hydrogen-bond acceptors (Lipinski definition) is 3. The third-order valence-electron chi connectivity index (χ3n) is 1.99. The van der Waals surface area contributed by atoms with Crippen molar-refractivity contribution in [1.82, 2.24) is 0 Å². The molecule has 3 heteroatoms. The molecule has 0 bridgehead atoms. The van der Waals surface area contributed by atoms with Gasteiger partial charge in [-0.15, -0.1) is 0 Å². The number of rotatable bonds is 0. The third kappa shape index (κ3) is 1.27. The summed E-state index contributed by atoms with van der Waals surface area (Å²) in [5.74, 6) is -0.428. The van der Waals surface area contributed by atoms with Gasteiger partial charge in [0.2, 0.25) is 0 Å². The second-order valence-electron chi connectivity index (χ2n) is 3.47. The van der Waals surface area contributed by atoms with Crippen LogP contribution < -0.4 is 0 Å². The minimum atomic E-state index is -0.924. The smallest absolute Gasteiger partial charge is 0.319 e. The van der Waals surface area contributed by atoms with E-state index in [9.17, 15) is 9.59 Å². The Labute approximate surface area is 65.7 Å². The number of carbonyl (C=O) groups excluding carboxylic acids is 2. The van der Waals surface area contributed by atoms with Crippen LogP contribution >= 0.6 is 0 Å². The standard InChI is InChI=1S/C8H12O3/c1-5-4-6(9)8(2,3)7(10)11-5/h5H,4H2,1-3H3. The van der Waals surface area contributed by atoms with Crippen molar-refractivity contribution in [3.8, 4) is 0 Å². The Bertz CT molecular complexity index is 185. The van der Waals surface area contributed by atoms with Gasteiger partial charge in [0.25, 0.3) is 0 Å². The van der Waals surface area contributed by atoms with E-state index in [1.165, 1.54) is 0 Å². The molecule has 1 rings (SSSR count). The minimum Gasteiger partial charge on any atom is -0.461 e. The molecule has 0 radical (unpaired) electrons. The Kier molecular flexibility index (Phi) is 1.74. The van der Waals surface area contributed by atoms with E-state index in [2.05, 4.69) is 0 Å². The number of ketones is 1. The second-order valence-corrected chi connectivity index (χ2v) is 3.47. The highest BCUT2D eigenvalue weighted by Crippen LogP contribution is 2.27. The fraction of sp³-hybridized carbons (Fsp3) is 0.750. The van der Waals surface area contributed by atoms with Gasteiger partial charge in [-0.05, 0) is 20.8 Å². The molecule has 1 heterocycles. The van der Waals surface area contributed by atoms with Crippen LogP contribution in [0.4, 0.5) is 0 Å². The van der Waals surface area contributed by atoms with Crippen molar-refractivity contribution in [2.75, 3.05) is 0 Å². The molecule has 1 saturated heterocycles. The van der Waals surface area contributed by atoms with Gasteiger partial charge in [0.1, 0.15) is 11.5 Å². The van der Waals surface area contributed by atoms with Crippen molar-refractivity contribution >= 4 is 11.8 Å². The van der Waals surface area contributed by atoms with Crippen LogP contribution in [-0.4, -0.2) is 17.9 Å². The summed E-state index contributed by atoms with van der Waals surface area (Å²) in [6, 6.07) is 0. The summed E-state index contributed by atoms with van der Waals surface area (Å²) >= 11 is 0. The van der Waals surface area contributed by atoms with Crippen molar-refractivity contribution < 1.29 is 14.3 Å². The van der Waals surface area contributed by atoms with E-state index in [0.717, 1.165) is 0 Å². The second kappa shape index (κ2) is 2.32. The van der Waals surface area contributed by atoms with Gasteiger partial charge in [-0.2, -0.15) is 0 Å². The predicted octanol–water partition coefficient (Wildman–Crippen LogP) is 0.917. The van der Waals surface area contributed by atoms with Gasteiger partial charge in [0, 0.05) is 6.42 Å². The molecular formula is C8H12O3. The first kappa shape index (κ1) is 8.24. The zero-order valence-corrected chi connectivity index (χ0v) is 7.01. The third-order valence-corrected chi connectivity index (χ3v) is 1.99. The van der Waals surface area contributed by atoms with Gasteiger partial charge in [-0.1, -0.05) is 0 Å². The lowest BCUT2D eigenvalue weighted by molar-refractivity contribution is -0.170. The predicted molar refractivity (Wildman–Crippen MR) is 39.0 cm³/mol. The number of hydrogen-bond donors (Lipinski definition) is 0. The molecule has 11 heavy (non-hydrogen) atoms. The molecule has 3 nitrogen and oxygen atoms in total. The average Bonchev–Trinajstić information content (AvgIpc) is 1.84. The lowest BCUT2D eigenvalue weighted by Gasteiger charge is -2.29. The molecule has 0 spiro atoms. The number of ether oxygens (including phenoxy) is 1. The number of carbonyl (C=O) groups is 2. The van der Waals surface area contributed by atoms with Gasteiger partial charge < -0.3 is 4.74 Å². The van der Waals surface area contributed by atoms with Gasteiger partial charge in [0.05, 0.1) is 0 Å². The van der Waals surface area contributed by atoms with E-state index in [4.69, 9.17) is 4.74 Å². The van der Waals surface area contributed by atoms with Crippen molar-refractivity contribution in [2.45, 2.75) is 33.3 Å². The average molecular weight is 156 g/mol. The maximum Gasteiger partial charge on any atom is 0.319 e. The Morgan fingerprint density at radius 3 is 2.45 bits per heavy atom. The van der Waals surface area contributed by atoms with Crippen LogP contribution in [0.1, 0.15) is 27.2 Å². The van der Waals surface area contributed by atoms with Crippen LogP contribution in [0, 0.1) is 5.41 Å². The first-order chi connectivity index (χ1) is 4.94. The summed E-state index contributed by atoms with van der Waals surface area (Å²) in [7, 11) is 0. The molecule has 62 valence electrons. The first-order valence-corrected chi connectivity index (χ1v) is 3.69. The van der Waals surface area contributed by atoms with Crippen LogP contribution in [-0.2, 0) is 14.3 Å². The number of esters is 1. The van der Waals surface area contributed by atoms with Crippen molar-refractivity contribution in [3.63, 3.8) is 0 Å². The van der Waals surface area contributed by atoms with Crippen LogP contribution in [0.25, 0.3) is 0 Å². The van der Waals surface area contributed by atoms with Gasteiger partial charge in [-0.25, -0.2) is 0 Å². The zero-order chi connectivity index (χ0) is 8.65. The summed E-state index contributed by atoms with van der Waals surface area (Å²) in [5, 5.41) is 0. The van der Waals surface area contributed by atoms with E-state index in [1.807, 2.05) is 0 Å². The summed E-state index contributed by atoms with van der Waals surface area (Å²) in [6.45, 7) is 4.93. The molecule has 1 atom stereocenters. The van der Waals surface area contributed by atoms with Crippen LogP contribution in [0.15, 0.2) is 0 Å². The molecule has 1 fully saturated rings. The lowest BCUT2D eigenvalue weighted by Crippen LogP contribution is -2.43. The quantitative estimate of drug-likeness (QED) is 0.387. The number of Topliss-reactive ketones (excluding diaryl/α,β-unsaturated/α-hetero) is 1. The molecule has 0 saturated carbocycles. The summed E-state index contributed by atoms with van der Waals surface area (Å²) in [6.07, 6.45) is 0.0988. The van der Waals surface area contributed by atoms with Crippen LogP contribution in [0.2, 0.25) is 0 Å². The highest BCUT2D eigenvalue weighted by molar-refractivity contribution is 6.04. The molecular weight excluding hydrogens is 144 g/mol. The van der Waals surface area contributed by atoms with E-state index >= 15 is 0 Å². The summed E-state index contributed by atoms with van der Waals surface area (Å²) in [4.78, 5) is 22.3. The summed E-state index contributed by atoms with van der Waals surface area (Å²) in [5.41, 5.74) is -0.924. The number of cyclic esters (lactones) is 1. The van der Waals surface area contributed by atoms with Crippen LogP contribution in [0.3, 0.4) is 0 Å². The molecule has 0 amide bonds. The molecule has 0 aromatic rings. The molecule has 1 unspecified atom stereocenters. The van der Waals surface area contributed by atoms with E-state index < -0.39 is 11.4 Å². The van der Waals surface area contributed by atoms with Gasteiger partial charge in [0.15, 0.2) is 5.78 Å². The van der Waals surface area contributed by atoms with E-state index in [0.29, 0.717) is 6.42 Å². The van der Waals surface area contributed by atoms with Crippen molar-refractivity contribution in [3.05, 3.63) is 0 Å². The molecule has 0 aliphatic carbocycles. The van der Waals surface area contributed by atoms with Crippen LogP contribution in [0.5, 0.6) is 0 Å². The maximum atomic E-state index is 11.2. The summed E-state index contributed by atoms with van der Waals surface area (Å²) < 4.78 is 4.91. The maximum absolute atomic E-state index is 11.2. The van der Waals surface area contributed by atoms with E-state index in [-0.39, 0.29) is 11.9 Å². The molecule has 0 aromatic heterocycles. The Balaban J connectivity index is 2.84. The molecule has 1 aliphatic heterocycles. The molecule has 0 aromatic carbocycles. The molecule has 1 aliphatic rings. The van der Waals surface area contributed by atoms with Crippen molar-refractivity contribution in [2.24, 2.45) is 5.41 Å². The first-order valence-electron chi connectivity index (χ1n) is 3.69. The van der Waals surface area contributed by atoms with Crippen molar-refractivity contribution in [1.29, 1.82) is 0 Å². The highest BCUT2D eigenvalue weighted by atomic mass is 16.5. The Morgan fingerprint density at radius 2 is 2.00 bits per heavy atom. The minimum absolute atomic E-state index is 0.0266. The molecule has 0 N–H and O–H groups in total. The van der Waals surface area contributed by atoms with Gasteiger partial charge in [-0.3, -0.25) is 9.59 Å². The largest absolute Gasteiger partial charge is 0.461 e. The zero-order valence-electron chi connectivity index (χ0n) is 7.01. The monoisotopic (exact) mass is 156 g/mol. The highest BCUT2D eigenvalue weighted by Gasteiger charge is 2.42. The normalized spacial score (nSPS) is 29.9. The lowest BCUT2D eigenvalue weighted by atomic mass is 9.83. The SMILES string of the molecule is CC1CC(=O)C(C)(C)C(=O)O1. The van der Waals surface area contributed by atoms with E-state index in [1.54, 1.807) is 20.8 Å².